The number of aliphatic hydroxyl groups is 1. The average Bonchev–Trinajstić information content (AvgIpc) is 1.96. The second kappa shape index (κ2) is 4.58. The summed E-state index contributed by atoms with van der Waals surface area (Å²) in [5.41, 5.74) is 10.1. The van der Waals surface area contributed by atoms with E-state index in [1.54, 1.807) is 13.8 Å². The highest BCUT2D eigenvalue weighted by atomic mass is 16.3. The summed E-state index contributed by atoms with van der Waals surface area (Å²) < 4.78 is 0. The van der Waals surface area contributed by atoms with Crippen molar-refractivity contribution in [3.63, 3.8) is 0 Å². The van der Waals surface area contributed by atoms with Crippen LogP contribution in [0.3, 0.4) is 0 Å². The molecular formula is C9H18N6O. The Morgan fingerprint density at radius 1 is 1.19 bits per heavy atom. The number of anilines is 2. The summed E-state index contributed by atoms with van der Waals surface area (Å²) in [4.78, 5) is 13.5. The van der Waals surface area contributed by atoms with Crippen molar-refractivity contribution >= 4 is 11.9 Å². The Morgan fingerprint density at radius 2 is 1.69 bits per heavy atom. The van der Waals surface area contributed by atoms with Gasteiger partial charge in [-0.25, -0.2) is 0 Å². The van der Waals surface area contributed by atoms with Crippen molar-refractivity contribution in [2.24, 2.45) is 0 Å². The zero-order chi connectivity index (χ0) is 12.3. The summed E-state index contributed by atoms with van der Waals surface area (Å²) >= 11 is 0. The SMILES string of the molecule is CN(Cc1nc(N)nc(N)n1)CC(C)(C)O. The van der Waals surface area contributed by atoms with Gasteiger partial charge in [-0.05, 0) is 20.9 Å². The van der Waals surface area contributed by atoms with Crippen molar-refractivity contribution in [1.29, 1.82) is 0 Å². The summed E-state index contributed by atoms with van der Waals surface area (Å²) in [6.07, 6.45) is 0. The molecule has 1 heterocycles. The number of nitrogens with two attached hydrogens (primary N) is 2. The largest absolute Gasteiger partial charge is 0.389 e. The molecule has 0 atom stereocenters. The molecule has 5 N–H and O–H groups in total. The number of nitrogen functional groups attached to an aromatic ring is 2. The minimum absolute atomic E-state index is 0.110. The van der Waals surface area contributed by atoms with Crippen LogP contribution in [0.15, 0.2) is 0 Å². The van der Waals surface area contributed by atoms with Gasteiger partial charge in [0, 0.05) is 6.54 Å². The maximum absolute atomic E-state index is 9.63. The van der Waals surface area contributed by atoms with Gasteiger partial charge in [0.25, 0.3) is 0 Å². The van der Waals surface area contributed by atoms with E-state index in [0.717, 1.165) is 0 Å². The van der Waals surface area contributed by atoms with E-state index >= 15 is 0 Å². The molecular weight excluding hydrogens is 208 g/mol. The molecule has 0 spiro atoms. The van der Waals surface area contributed by atoms with Gasteiger partial charge < -0.3 is 16.6 Å². The average molecular weight is 226 g/mol. The van der Waals surface area contributed by atoms with Crippen LogP contribution in [0.1, 0.15) is 19.7 Å². The molecule has 0 aliphatic carbocycles. The molecule has 1 rings (SSSR count). The molecule has 0 radical (unpaired) electrons. The second-order valence-electron chi connectivity index (χ2n) is 4.45. The van der Waals surface area contributed by atoms with Crippen molar-refractivity contribution in [3.05, 3.63) is 5.82 Å². The molecule has 0 saturated heterocycles. The van der Waals surface area contributed by atoms with Crippen LogP contribution in [0, 0.1) is 0 Å². The first-order valence-corrected chi connectivity index (χ1v) is 4.93. The molecule has 1 aromatic rings. The predicted molar refractivity (Wildman–Crippen MR) is 61.3 cm³/mol. The van der Waals surface area contributed by atoms with Crippen LogP contribution >= 0.6 is 0 Å². The first kappa shape index (κ1) is 12.6. The number of hydrogen-bond donors (Lipinski definition) is 3. The third kappa shape index (κ3) is 4.37. The van der Waals surface area contributed by atoms with E-state index in [-0.39, 0.29) is 11.9 Å². The van der Waals surface area contributed by atoms with E-state index in [2.05, 4.69) is 15.0 Å². The molecule has 0 aliphatic heterocycles. The van der Waals surface area contributed by atoms with Gasteiger partial charge >= 0.3 is 0 Å². The van der Waals surface area contributed by atoms with Crippen LogP contribution in [0.25, 0.3) is 0 Å². The molecule has 1 aromatic heterocycles. The van der Waals surface area contributed by atoms with Crippen LogP contribution in [0.4, 0.5) is 11.9 Å². The summed E-state index contributed by atoms with van der Waals surface area (Å²) in [7, 11) is 1.86. The highest BCUT2D eigenvalue weighted by Crippen LogP contribution is 2.06. The first-order chi connectivity index (χ1) is 7.26. The quantitative estimate of drug-likeness (QED) is 0.618. The van der Waals surface area contributed by atoms with E-state index < -0.39 is 5.60 Å². The lowest BCUT2D eigenvalue weighted by atomic mass is 10.1. The van der Waals surface area contributed by atoms with E-state index in [4.69, 9.17) is 11.5 Å². The maximum Gasteiger partial charge on any atom is 0.225 e. The Kier molecular flexibility index (Phi) is 3.61. The molecule has 16 heavy (non-hydrogen) atoms. The lowest BCUT2D eigenvalue weighted by Gasteiger charge is -2.24. The fourth-order valence-electron chi connectivity index (χ4n) is 1.49. The van der Waals surface area contributed by atoms with E-state index in [0.29, 0.717) is 18.9 Å². The van der Waals surface area contributed by atoms with Crippen LogP contribution < -0.4 is 11.5 Å². The lowest BCUT2D eigenvalue weighted by Crippen LogP contribution is -2.36. The fourth-order valence-corrected chi connectivity index (χ4v) is 1.49. The Hall–Kier alpha value is -1.47. The van der Waals surface area contributed by atoms with Gasteiger partial charge in [0.05, 0.1) is 12.1 Å². The lowest BCUT2D eigenvalue weighted by molar-refractivity contribution is 0.0418. The third-order valence-corrected chi connectivity index (χ3v) is 1.78. The van der Waals surface area contributed by atoms with Crippen LogP contribution in [-0.4, -0.2) is 44.2 Å². The van der Waals surface area contributed by atoms with Crippen LogP contribution in [-0.2, 0) is 6.54 Å². The summed E-state index contributed by atoms with van der Waals surface area (Å²) in [6.45, 7) is 4.43. The van der Waals surface area contributed by atoms with Gasteiger partial charge in [0.15, 0.2) is 0 Å². The van der Waals surface area contributed by atoms with Crippen LogP contribution in [0.2, 0.25) is 0 Å². The molecule has 0 aromatic carbocycles. The molecule has 0 amide bonds. The number of likely N-dealkylation sites (N-methyl/N-ethyl adjacent to an activating group) is 1. The second-order valence-corrected chi connectivity index (χ2v) is 4.45. The van der Waals surface area contributed by atoms with Crippen LogP contribution in [0.5, 0.6) is 0 Å². The summed E-state index contributed by atoms with van der Waals surface area (Å²) in [5, 5.41) is 9.63. The van der Waals surface area contributed by atoms with Gasteiger partial charge in [0.2, 0.25) is 11.9 Å². The molecule has 7 heteroatoms. The van der Waals surface area contributed by atoms with E-state index in [9.17, 15) is 5.11 Å². The minimum atomic E-state index is -0.765. The Bertz CT molecular complexity index is 341. The van der Waals surface area contributed by atoms with Crippen molar-refractivity contribution < 1.29 is 5.11 Å². The molecule has 0 saturated carbocycles. The van der Waals surface area contributed by atoms with Gasteiger partial charge in [-0.2, -0.15) is 15.0 Å². The highest BCUT2D eigenvalue weighted by Gasteiger charge is 2.16. The number of nitrogens with zero attached hydrogens (tertiary/aromatic N) is 4. The van der Waals surface area contributed by atoms with Gasteiger partial charge in [-0.15, -0.1) is 0 Å². The van der Waals surface area contributed by atoms with Crippen molar-refractivity contribution in [3.8, 4) is 0 Å². The number of aromatic nitrogens is 3. The summed E-state index contributed by atoms with van der Waals surface area (Å²) in [5.74, 6) is 0.718. The van der Waals surface area contributed by atoms with E-state index in [1.165, 1.54) is 0 Å². The van der Waals surface area contributed by atoms with Gasteiger partial charge in [0.1, 0.15) is 5.82 Å². The molecule has 0 unspecified atom stereocenters. The molecule has 90 valence electrons. The Balaban J connectivity index is 2.66. The Morgan fingerprint density at radius 3 is 2.12 bits per heavy atom. The van der Waals surface area contributed by atoms with E-state index in [1.807, 2.05) is 11.9 Å². The Labute approximate surface area is 94.5 Å². The smallest absolute Gasteiger partial charge is 0.225 e. The molecule has 7 nitrogen and oxygen atoms in total. The van der Waals surface area contributed by atoms with Gasteiger partial charge in [-0.1, -0.05) is 0 Å². The summed E-state index contributed by atoms with van der Waals surface area (Å²) in [6, 6.07) is 0. The molecule has 0 bridgehead atoms. The zero-order valence-corrected chi connectivity index (χ0v) is 9.80. The van der Waals surface area contributed by atoms with Crippen molar-refractivity contribution in [1.82, 2.24) is 19.9 Å². The normalized spacial score (nSPS) is 12.1. The number of rotatable bonds is 4. The number of hydrogen-bond acceptors (Lipinski definition) is 7. The van der Waals surface area contributed by atoms with Crippen molar-refractivity contribution in [2.75, 3.05) is 25.1 Å². The first-order valence-electron chi connectivity index (χ1n) is 4.93. The zero-order valence-electron chi connectivity index (χ0n) is 9.80. The standard InChI is InChI=1S/C9H18N6O/c1-9(2,16)5-15(3)4-6-12-7(10)14-8(11)13-6/h16H,4-5H2,1-3H3,(H4,10,11,12,13,14). The van der Waals surface area contributed by atoms with Gasteiger partial charge in [-0.3, -0.25) is 4.90 Å². The third-order valence-electron chi connectivity index (χ3n) is 1.78. The van der Waals surface area contributed by atoms with Crippen molar-refractivity contribution in [2.45, 2.75) is 26.0 Å². The monoisotopic (exact) mass is 226 g/mol. The fraction of sp³-hybridized carbons (Fsp3) is 0.667. The topological polar surface area (TPSA) is 114 Å². The molecule has 0 aliphatic rings. The highest BCUT2D eigenvalue weighted by molar-refractivity contribution is 5.25. The predicted octanol–water partition coefficient (Wildman–Crippen LogP) is -0.761. The molecule has 0 fully saturated rings. The maximum atomic E-state index is 9.63. The minimum Gasteiger partial charge on any atom is -0.389 e.